The molecule has 0 radical (unpaired) electrons. The van der Waals surface area contributed by atoms with Gasteiger partial charge in [0.2, 0.25) is 0 Å². The van der Waals surface area contributed by atoms with Gasteiger partial charge in [0.1, 0.15) is 6.10 Å². The second-order valence-corrected chi connectivity index (χ2v) is 4.84. The molecule has 0 aliphatic rings. The van der Waals surface area contributed by atoms with E-state index in [1.165, 1.54) is 11.3 Å². The molecule has 0 saturated heterocycles. The van der Waals surface area contributed by atoms with E-state index in [2.05, 4.69) is 9.97 Å². The first-order chi connectivity index (χ1) is 8.84. The largest absolute Gasteiger partial charge is 0.386 e. The molecule has 18 heavy (non-hydrogen) atoms. The number of fused-ring (bicyclic) bond motifs is 1. The predicted octanol–water partition coefficient (Wildman–Crippen LogP) is 2.97. The third-order valence-electron chi connectivity index (χ3n) is 2.95. The highest BCUT2D eigenvalue weighted by atomic mass is 32.1. The summed E-state index contributed by atoms with van der Waals surface area (Å²) in [4.78, 5) is 8.46. The number of thiazole rings is 1. The SMILES string of the molecule is OC(Cc1ccnc2ccccc12)c1cscn1. The van der Waals surface area contributed by atoms with Crippen LogP contribution >= 0.6 is 11.3 Å². The zero-order valence-electron chi connectivity index (χ0n) is 9.65. The van der Waals surface area contributed by atoms with Crippen molar-refractivity contribution in [1.29, 1.82) is 0 Å². The molecule has 0 spiro atoms. The molecule has 0 aliphatic carbocycles. The highest BCUT2D eigenvalue weighted by molar-refractivity contribution is 7.07. The lowest BCUT2D eigenvalue weighted by atomic mass is 10.0. The lowest BCUT2D eigenvalue weighted by molar-refractivity contribution is 0.174. The molecular formula is C14H12N2OS. The number of benzene rings is 1. The molecule has 0 amide bonds. The van der Waals surface area contributed by atoms with Gasteiger partial charge in [-0.3, -0.25) is 4.98 Å². The minimum Gasteiger partial charge on any atom is -0.386 e. The van der Waals surface area contributed by atoms with Crippen LogP contribution in [0.25, 0.3) is 10.9 Å². The zero-order valence-corrected chi connectivity index (χ0v) is 10.5. The first kappa shape index (κ1) is 11.3. The van der Waals surface area contributed by atoms with E-state index in [-0.39, 0.29) is 0 Å². The fourth-order valence-corrected chi connectivity index (χ4v) is 2.63. The molecule has 1 atom stereocenters. The van der Waals surface area contributed by atoms with Gasteiger partial charge in [0, 0.05) is 23.4 Å². The number of hydrogen-bond acceptors (Lipinski definition) is 4. The maximum atomic E-state index is 10.1. The molecule has 3 nitrogen and oxygen atoms in total. The van der Waals surface area contributed by atoms with Gasteiger partial charge in [-0.2, -0.15) is 0 Å². The molecule has 0 aliphatic heterocycles. The molecule has 3 rings (SSSR count). The van der Waals surface area contributed by atoms with Gasteiger partial charge in [-0.1, -0.05) is 18.2 Å². The van der Waals surface area contributed by atoms with Gasteiger partial charge in [0.05, 0.1) is 16.7 Å². The maximum absolute atomic E-state index is 10.1. The molecule has 3 aromatic rings. The van der Waals surface area contributed by atoms with Gasteiger partial charge in [-0.15, -0.1) is 11.3 Å². The van der Waals surface area contributed by atoms with E-state index < -0.39 is 6.10 Å². The van der Waals surface area contributed by atoms with E-state index >= 15 is 0 Å². The Morgan fingerprint density at radius 1 is 1.17 bits per heavy atom. The fourth-order valence-electron chi connectivity index (χ4n) is 2.03. The third kappa shape index (κ3) is 2.12. The maximum Gasteiger partial charge on any atom is 0.101 e. The molecule has 1 N–H and O–H groups in total. The van der Waals surface area contributed by atoms with Crippen molar-refractivity contribution in [3.05, 3.63) is 58.7 Å². The van der Waals surface area contributed by atoms with Crippen LogP contribution in [0.1, 0.15) is 17.4 Å². The molecule has 1 unspecified atom stereocenters. The molecule has 1 aromatic carbocycles. The van der Waals surface area contributed by atoms with Gasteiger partial charge in [0.25, 0.3) is 0 Å². The number of hydrogen-bond donors (Lipinski definition) is 1. The molecule has 90 valence electrons. The third-order valence-corrected chi connectivity index (χ3v) is 3.55. The Kier molecular flexibility index (Phi) is 3.04. The standard InChI is InChI=1S/C14H12N2OS/c17-14(13-8-18-9-16-13)7-10-5-6-15-12-4-2-1-3-11(10)12/h1-6,8-9,14,17H,7H2. The lowest BCUT2D eigenvalue weighted by Crippen LogP contribution is -2.02. The topological polar surface area (TPSA) is 46.0 Å². The van der Waals surface area contributed by atoms with Crippen molar-refractivity contribution >= 4 is 22.2 Å². The summed E-state index contributed by atoms with van der Waals surface area (Å²) in [5, 5.41) is 13.1. The summed E-state index contributed by atoms with van der Waals surface area (Å²) >= 11 is 1.50. The Balaban J connectivity index is 1.95. The van der Waals surface area contributed by atoms with E-state index in [4.69, 9.17) is 0 Å². The van der Waals surface area contributed by atoms with E-state index in [9.17, 15) is 5.11 Å². The van der Waals surface area contributed by atoms with Crippen LogP contribution in [0, 0.1) is 0 Å². The van der Waals surface area contributed by atoms with Crippen molar-refractivity contribution in [3.63, 3.8) is 0 Å². The zero-order chi connectivity index (χ0) is 12.4. The Bertz CT molecular complexity index is 646. The summed E-state index contributed by atoms with van der Waals surface area (Å²) in [6.07, 6.45) is 1.79. The van der Waals surface area contributed by atoms with Gasteiger partial charge >= 0.3 is 0 Å². The average molecular weight is 256 g/mol. The van der Waals surface area contributed by atoms with E-state index in [1.807, 2.05) is 35.7 Å². The predicted molar refractivity (Wildman–Crippen MR) is 72.5 cm³/mol. The normalized spacial score (nSPS) is 12.7. The van der Waals surface area contributed by atoms with Crippen LogP contribution in [-0.2, 0) is 6.42 Å². The summed E-state index contributed by atoms with van der Waals surface area (Å²) in [6, 6.07) is 9.93. The first-order valence-corrected chi connectivity index (χ1v) is 6.67. The number of aliphatic hydroxyl groups excluding tert-OH is 1. The van der Waals surface area contributed by atoms with Crippen molar-refractivity contribution < 1.29 is 5.11 Å². The van der Waals surface area contributed by atoms with Crippen molar-refractivity contribution in [2.24, 2.45) is 0 Å². The number of pyridine rings is 1. The molecule has 2 aromatic heterocycles. The number of para-hydroxylation sites is 1. The number of rotatable bonds is 3. The van der Waals surface area contributed by atoms with Crippen molar-refractivity contribution in [2.75, 3.05) is 0 Å². The Hall–Kier alpha value is -1.78. The molecular weight excluding hydrogens is 244 g/mol. The van der Waals surface area contributed by atoms with Gasteiger partial charge in [-0.25, -0.2) is 4.98 Å². The molecule has 0 bridgehead atoms. The second kappa shape index (κ2) is 4.84. The van der Waals surface area contributed by atoms with Gasteiger partial charge in [0.15, 0.2) is 0 Å². The number of aliphatic hydroxyl groups is 1. The first-order valence-electron chi connectivity index (χ1n) is 5.73. The summed E-state index contributed by atoms with van der Waals surface area (Å²) < 4.78 is 0. The van der Waals surface area contributed by atoms with Crippen LogP contribution in [0.2, 0.25) is 0 Å². The van der Waals surface area contributed by atoms with Crippen molar-refractivity contribution in [3.8, 4) is 0 Å². The van der Waals surface area contributed by atoms with Gasteiger partial charge in [-0.05, 0) is 17.7 Å². The minimum atomic E-state index is -0.554. The van der Waals surface area contributed by atoms with Crippen LogP contribution in [-0.4, -0.2) is 15.1 Å². The van der Waals surface area contributed by atoms with E-state index in [0.717, 1.165) is 22.2 Å². The Morgan fingerprint density at radius 2 is 2.06 bits per heavy atom. The quantitative estimate of drug-likeness (QED) is 0.783. The Morgan fingerprint density at radius 3 is 2.89 bits per heavy atom. The van der Waals surface area contributed by atoms with Crippen LogP contribution in [0.3, 0.4) is 0 Å². The fraction of sp³-hybridized carbons (Fsp3) is 0.143. The van der Waals surface area contributed by atoms with Crippen LogP contribution in [0.5, 0.6) is 0 Å². The molecule has 0 fully saturated rings. The summed E-state index contributed by atoms with van der Waals surface area (Å²) in [7, 11) is 0. The van der Waals surface area contributed by atoms with Crippen molar-refractivity contribution in [1.82, 2.24) is 9.97 Å². The Labute approximate surface area is 109 Å². The van der Waals surface area contributed by atoms with Crippen molar-refractivity contribution in [2.45, 2.75) is 12.5 Å². The van der Waals surface area contributed by atoms with Crippen LogP contribution in [0.15, 0.2) is 47.4 Å². The molecule has 2 heterocycles. The monoisotopic (exact) mass is 256 g/mol. The minimum absolute atomic E-state index is 0.554. The summed E-state index contributed by atoms with van der Waals surface area (Å²) in [5.41, 5.74) is 4.53. The smallest absolute Gasteiger partial charge is 0.101 e. The van der Waals surface area contributed by atoms with Crippen LogP contribution in [0.4, 0.5) is 0 Å². The summed E-state index contributed by atoms with van der Waals surface area (Å²) in [5.74, 6) is 0. The second-order valence-electron chi connectivity index (χ2n) is 4.12. The lowest BCUT2D eigenvalue weighted by Gasteiger charge is -2.10. The average Bonchev–Trinajstić information content (AvgIpc) is 2.93. The molecule has 4 heteroatoms. The number of nitrogens with zero attached hydrogens (tertiary/aromatic N) is 2. The highest BCUT2D eigenvalue weighted by Gasteiger charge is 2.12. The van der Waals surface area contributed by atoms with Gasteiger partial charge < -0.3 is 5.11 Å². The van der Waals surface area contributed by atoms with E-state index in [0.29, 0.717) is 6.42 Å². The summed E-state index contributed by atoms with van der Waals surface area (Å²) in [6.45, 7) is 0. The number of aromatic nitrogens is 2. The van der Waals surface area contributed by atoms with Crippen LogP contribution < -0.4 is 0 Å². The highest BCUT2D eigenvalue weighted by Crippen LogP contribution is 2.23. The van der Waals surface area contributed by atoms with E-state index in [1.54, 1.807) is 11.7 Å². The molecule has 0 saturated carbocycles.